The molecule has 0 bridgehead atoms. The van der Waals surface area contributed by atoms with E-state index in [0.717, 1.165) is 5.56 Å². The largest absolute Gasteiger partial charge is 0.325 e. The number of benzene rings is 3. The molecule has 0 aliphatic heterocycles. The van der Waals surface area contributed by atoms with Gasteiger partial charge in [-0.3, -0.25) is 10.1 Å². The first kappa shape index (κ1) is 17.1. The summed E-state index contributed by atoms with van der Waals surface area (Å²) in [6.45, 7) is 3.85. The van der Waals surface area contributed by atoms with E-state index in [0.29, 0.717) is 5.69 Å². The van der Waals surface area contributed by atoms with Gasteiger partial charge in [-0.1, -0.05) is 36.4 Å². The van der Waals surface area contributed by atoms with Gasteiger partial charge in [-0.2, -0.15) is 0 Å². The molecule has 3 nitrogen and oxygen atoms in total. The third kappa shape index (κ3) is 4.22. The van der Waals surface area contributed by atoms with Crippen molar-refractivity contribution in [3.63, 3.8) is 0 Å². The molecule has 3 aromatic carbocycles. The first-order valence-electron chi connectivity index (χ1n) is 8.34. The van der Waals surface area contributed by atoms with Crippen LogP contribution in [0.15, 0.2) is 66.7 Å². The average Bonchev–Trinajstić information content (AvgIpc) is 2.63. The van der Waals surface area contributed by atoms with Crippen LogP contribution in [0.5, 0.6) is 0 Å². The van der Waals surface area contributed by atoms with Crippen LogP contribution in [0.4, 0.5) is 10.1 Å². The minimum Gasteiger partial charge on any atom is -0.325 e. The number of halogens is 1. The van der Waals surface area contributed by atoms with Gasteiger partial charge in [-0.25, -0.2) is 4.39 Å². The van der Waals surface area contributed by atoms with Gasteiger partial charge in [-0.05, 0) is 60.5 Å². The van der Waals surface area contributed by atoms with E-state index < -0.39 is 0 Å². The van der Waals surface area contributed by atoms with Crippen LogP contribution in [-0.2, 0) is 4.79 Å². The topological polar surface area (TPSA) is 41.1 Å². The molecule has 0 heterocycles. The quantitative estimate of drug-likeness (QED) is 0.712. The highest BCUT2D eigenvalue weighted by Gasteiger charge is 2.16. The second-order valence-corrected chi connectivity index (χ2v) is 6.21. The molecular formula is C21H21FN2O. The lowest BCUT2D eigenvalue weighted by Gasteiger charge is -2.20. The predicted octanol–water partition coefficient (Wildman–Crippen LogP) is 4.66. The fourth-order valence-corrected chi connectivity index (χ4v) is 2.81. The molecule has 2 N–H and O–H groups in total. The summed E-state index contributed by atoms with van der Waals surface area (Å²) in [6.07, 6.45) is 0. The van der Waals surface area contributed by atoms with Crippen LogP contribution >= 0.6 is 0 Å². The number of nitrogens with one attached hydrogen (secondary N) is 2. The molecule has 25 heavy (non-hydrogen) atoms. The van der Waals surface area contributed by atoms with Gasteiger partial charge in [0.05, 0.1) is 6.04 Å². The molecule has 3 rings (SSSR count). The lowest BCUT2D eigenvalue weighted by molar-refractivity contribution is -0.117. The van der Waals surface area contributed by atoms with E-state index >= 15 is 0 Å². The number of amides is 1. The lowest BCUT2D eigenvalue weighted by Crippen LogP contribution is -2.39. The molecule has 0 spiro atoms. The van der Waals surface area contributed by atoms with E-state index in [-0.39, 0.29) is 23.8 Å². The maximum absolute atomic E-state index is 12.9. The zero-order chi connectivity index (χ0) is 17.8. The summed E-state index contributed by atoms with van der Waals surface area (Å²) in [5.41, 5.74) is 1.71. The molecule has 3 aromatic rings. The Balaban J connectivity index is 1.65. The van der Waals surface area contributed by atoms with E-state index in [1.807, 2.05) is 26.0 Å². The van der Waals surface area contributed by atoms with Crippen molar-refractivity contribution in [2.24, 2.45) is 0 Å². The molecule has 0 aliphatic carbocycles. The number of hydrogen-bond acceptors (Lipinski definition) is 2. The summed E-state index contributed by atoms with van der Waals surface area (Å²) in [5.74, 6) is -0.478. The first-order valence-corrected chi connectivity index (χ1v) is 8.34. The number of anilines is 1. The smallest absolute Gasteiger partial charge is 0.241 e. The van der Waals surface area contributed by atoms with Gasteiger partial charge in [0.1, 0.15) is 5.82 Å². The highest BCUT2D eigenvalue weighted by atomic mass is 19.1. The van der Waals surface area contributed by atoms with E-state index in [1.165, 1.54) is 22.9 Å². The predicted molar refractivity (Wildman–Crippen MR) is 100.0 cm³/mol. The zero-order valence-electron chi connectivity index (χ0n) is 14.3. The van der Waals surface area contributed by atoms with Gasteiger partial charge in [0.2, 0.25) is 5.91 Å². The van der Waals surface area contributed by atoms with Crippen LogP contribution in [0.2, 0.25) is 0 Å². The van der Waals surface area contributed by atoms with Crippen molar-refractivity contribution >= 4 is 22.4 Å². The molecule has 128 valence electrons. The van der Waals surface area contributed by atoms with Crippen molar-refractivity contribution in [1.82, 2.24) is 5.32 Å². The van der Waals surface area contributed by atoms with Crippen LogP contribution in [0.25, 0.3) is 10.8 Å². The highest BCUT2D eigenvalue weighted by molar-refractivity contribution is 5.94. The molecule has 0 fully saturated rings. The SMILES string of the molecule is C[C@H](N[C@H](C)c1ccc2ccccc2c1)C(=O)Nc1ccc(F)cc1. The van der Waals surface area contributed by atoms with Gasteiger partial charge in [0, 0.05) is 11.7 Å². The molecule has 1 amide bonds. The Hall–Kier alpha value is -2.72. The Kier molecular flexibility index (Phi) is 5.10. The monoisotopic (exact) mass is 336 g/mol. The summed E-state index contributed by atoms with van der Waals surface area (Å²) in [4.78, 5) is 12.3. The van der Waals surface area contributed by atoms with Gasteiger partial charge in [0.25, 0.3) is 0 Å². The Labute approximate surface area is 146 Å². The maximum atomic E-state index is 12.9. The van der Waals surface area contributed by atoms with Crippen molar-refractivity contribution in [1.29, 1.82) is 0 Å². The zero-order valence-corrected chi connectivity index (χ0v) is 14.3. The number of carbonyl (C=O) groups is 1. The maximum Gasteiger partial charge on any atom is 0.241 e. The third-order valence-electron chi connectivity index (χ3n) is 4.28. The number of carbonyl (C=O) groups excluding carboxylic acids is 1. The van der Waals surface area contributed by atoms with Crippen molar-refractivity contribution in [2.45, 2.75) is 25.9 Å². The molecule has 2 atom stereocenters. The second-order valence-electron chi connectivity index (χ2n) is 6.21. The number of rotatable bonds is 5. The molecule has 0 radical (unpaired) electrons. The number of fused-ring (bicyclic) bond motifs is 1. The average molecular weight is 336 g/mol. The van der Waals surface area contributed by atoms with Crippen LogP contribution < -0.4 is 10.6 Å². The Bertz CT molecular complexity index is 876. The van der Waals surface area contributed by atoms with Crippen LogP contribution in [-0.4, -0.2) is 11.9 Å². The van der Waals surface area contributed by atoms with Crippen LogP contribution in [0.3, 0.4) is 0 Å². The summed E-state index contributed by atoms with van der Waals surface area (Å²) >= 11 is 0. The van der Waals surface area contributed by atoms with E-state index in [2.05, 4.69) is 41.0 Å². The molecule has 0 saturated heterocycles. The molecule has 4 heteroatoms. The van der Waals surface area contributed by atoms with Crippen molar-refractivity contribution in [2.75, 3.05) is 5.32 Å². The second kappa shape index (κ2) is 7.45. The Morgan fingerprint density at radius 3 is 2.32 bits per heavy atom. The Morgan fingerprint density at radius 1 is 0.920 bits per heavy atom. The normalized spacial score (nSPS) is 13.4. The summed E-state index contributed by atoms with van der Waals surface area (Å²) in [7, 11) is 0. The van der Waals surface area contributed by atoms with E-state index in [1.54, 1.807) is 12.1 Å². The van der Waals surface area contributed by atoms with Crippen LogP contribution in [0, 0.1) is 5.82 Å². The molecule has 0 aliphatic rings. The molecule has 0 unspecified atom stereocenters. The standard InChI is InChI=1S/C21H21FN2O/c1-14(17-8-7-16-5-3-4-6-18(16)13-17)23-15(2)21(25)24-20-11-9-19(22)10-12-20/h3-15,23H,1-2H3,(H,24,25)/t14-,15+/m1/s1. The summed E-state index contributed by atoms with van der Waals surface area (Å²) in [6, 6.07) is 19.9. The minimum absolute atomic E-state index is 0.0265. The van der Waals surface area contributed by atoms with Gasteiger partial charge < -0.3 is 5.32 Å². The molecule has 0 aromatic heterocycles. The highest BCUT2D eigenvalue weighted by Crippen LogP contribution is 2.20. The van der Waals surface area contributed by atoms with Crippen molar-refractivity contribution in [3.8, 4) is 0 Å². The van der Waals surface area contributed by atoms with Crippen molar-refractivity contribution < 1.29 is 9.18 Å². The molecule has 0 saturated carbocycles. The summed E-state index contributed by atoms with van der Waals surface area (Å²) < 4.78 is 12.9. The van der Waals surface area contributed by atoms with Crippen molar-refractivity contribution in [3.05, 3.63) is 78.1 Å². The summed E-state index contributed by atoms with van der Waals surface area (Å²) in [5, 5.41) is 8.47. The van der Waals surface area contributed by atoms with Crippen LogP contribution in [0.1, 0.15) is 25.5 Å². The van der Waals surface area contributed by atoms with E-state index in [4.69, 9.17) is 0 Å². The minimum atomic E-state index is -0.383. The lowest BCUT2D eigenvalue weighted by atomic mass is 10.0. The van der Waals surface area contributed by atoms with E-state index in [9.17, 15) is 9.18 Å². The van der Waals surface area contributed by atoms with Gasteiger partial charge >= 0.3 is 0 Å². The third-order valence-corrected chi connectivity index (χ3v) is 4.28. The molecular weight excluding hydrogens is 315 g/mol. The van der Waals surface area contributed by atoms with Gasteiger partial charge in [-0.15, -0.1) is 0 Å². The van der Waals surface area contributed by atoms with Gasteiger partial charge in [0.15, 0.2) is 0 Å². The fourth-order valence-electron chi connectivity index (χ4n) is 2.81. The fraction of sp³-hybridized carbons (Fsp3) is 0.190. The Morgan fingerprint density at radius 2 is 1.60 bits per heavy atom. The first-order chi connectivity index (χ1) is 12.0. The number of hydrogen-bond donors (Lipinski definition) is 2.